The summed E-state index contributed by atoms with van der Waals surface area (Å²) in [5.74, 6) is 0.170. The van der Waals surface area contributed by atoms with Crippen molar-refractivity contribution < 1.29 is 9.59 Å². The van der Waals surface area contributed by atoms with Crippen LogP contribution < -0.4 is 27.0 Å². The number of pyridine rings is 2. The van der Waals surface area contributed by atoms with E-state index in [2.05, 4.69) is 55.4 Å². The number of nitrogens with one attached hydrogen (secondary N) is 4. The molecule has 0 saturated heterocycles. The van der Waals surface area contributed by atoms with Crippen molar-refractivity contribution in [2.24, 2.45) is 0 Å². The molecule has 4 aromatic heterocycles. The fourth-order valence-corrected chi connectivity index (χ4v) is 5.60. The number of anilines is 7. The Kier molecular flexibility index (Phi) is 10.8. The Bertz CT molecular complexity index is 2510. The SMILES string of the molecule is C=C(S)CC(=O)Nc1ccc(C(=O)Nc2cccc(Nc3nc(-c4cccnc4)cc(-c4cncc(-c5ccnc(Nc6cccc(N)c6)n5)c4)n3)c2)cc1. The van der Waals surface area contributed by atoms with Crippen LogP contribution in [0.15, 0.2) is 146 Å². The van der Waals surface area contributed by atoms with Crippen LogP contribution in [0.25, 0.3) is 33.8 Å². The number of rotatable bonds is 12. The molecule has 0 aliphatic rings. The van der Waals surface area contributed by atoms with Gasteiger partial charge in [-0.3, -0.25) is 19.6 Å². The molecule has 0 aliphatic carbocycles. The summed E-state index contributed by atoms with van der Waals surface area (Å²) < 4.78 is 0. The number of hydrogen-bond donors (Lipinski definition) is 6. The number of amides is 2. The van der Waals surface area contributed by atoms with E-state index >= 15 is 0 Å². The molecule has 0 bridgehead atoms. The van der Waals surface area contributed by atoms with Crippen molar-refractivity contribution in [2.45, 2.75) is 6.42 Å². The molecule has 7 aromatic rings. The standard InChI is InChI=1S/C41H33N11O2S/c1-25(55)17-38(53)46-31-12-10-26(11-13-31)39(54)47-33-8-3-9-34(20-33)49-41-51-36(27-5-4-15-43-22-27)21-37(52-41)29-18-28(23-44-24-29)35-14-16-45-40(50-35)48-32-7-2-6-30(42)19-32/h2-16,18-24,55H,1,17,42H2,(H,46,53)(H,47,54)(H,45,48,50)(H,49,51,52). The van der Waals surface area contributed by atoms with E-state index in [1.54, 1.807) is 73.4 Å². The smallest absolute Gasteiger partial charge is 0.255 e. The highest BCUT2D eigenvalue weighted by Gasteiger charge is 2.13. The second-order valence-corrected chi connectivity index (χ2v) is 12.8. The summed E-state index contributed by atoms with van der Waals surface area (Å²) in [4.78, 5) is 53.1. The minimum absolute atomic E-state index is 0.0933. The molecule has 270 valence electrons. The number of hydrogen-bond acceptors (Lipinski definition) is 12. The van der Waals surface area contributed by atoms with Crippen molar-refractivity contribution in [3.05, 3.63) is 151 Å². The third-order valence-corrected chi connectivity index (χ3v) is 8.14. The van der Waals surface area contributed by atoms with Gasteiger partial charge in [0, 0.05) is 81.7 Å². The largest absolute Gasteiger partial charge is 0.399 e. The van der Waals surface area contributed by atoms with Crippen LogP contribution in [0.1, 0.15) is 16.8 Å². The highest BCUT2D eigenvalue weighted by atomic mass is 32.1. The van der Waals surface area contributed by atoms with Gasteiger partial charge in [-0.25, -0.2) is 19.9 Å². The van der Waals surface area contributed by atoms with Crippen LogP contribution in [-0.2, 0) is 4.79 Å². The van der Waals surface area contributed by atoms with E-state index in [-0.39, 0.29) is 18.2 Å². The number of carbonyl (C=O) groups is 2. The van der Waals surface area contributed by atoms with Gasteiger partial charge in [0.25, 0.3) is 5.91 Å². The maximum absolute atomic E-state index is 13.1. The Labute approximate surface area is 321 Å². The maximum atomic E-state index is 13.1. The second kappa shape index (κ2) is 16.5. The van der Waals surface area contributed by atoms with Gasteiger partial charge in [-0.15, -0.1) is 12.6 Å². The zero-order valence-electron chi connectivity index (χ0n) is 29.1. The Balaban J connectivity index is 1.12. The molecule has 0 aliphatic heterocycles. The summed E-state index contributed by atoms with van der Waals surface area (Å²) in [6.07, 6.45) is 8.66. The first-order valence-electron chi connectivity index (χ1n) is 16.9. The van der Waals surface area contributed by atoms with E-state index < -0.39 is 0 Å². The molecule has 0 unspecified atom stereocenters. The summed E-state index contributed by atoms with van der Waals surface area (Å²) in [5, 5.41) is 12.2. The summed E-state index contributed by atoms with van der Waals surface area (Å²) >= 11 is 4.07. The van der Waals surface area contributed by atoms with Crippen LogP contribution in [0, 0.1) is 0 Å². The highest BCUT2D eigenvalue weighted by molar-refractivity contribution is 7.84. The third kappa shape index (κ3) is 9.51. The second-order valence-electron chi connectivity index (χ2n) is 12.2. The van der Waals surface area contributed by atoms with Gasteiger partial charge in [-0.2, -0.15) is 0 Å². The molecule has 0 radical (unpaired) electrons. The van der Waals surface area contributed by atoms with Crippen molar-refractivity contribution in [2.75, 3.05) is 27.0 Å². The molecular weight excluding hydrogens is 711 g/mol. The van der Waals surface area contributed by atoms with Crippen LogP contribution >= 0.6 is 12.6 Å². The fraction of sp³-hybridized carbons (Fsp3) is 0.0244. The van der Waals surface area contributed by atoms with Gasteiger partial charge in [0.2, 0.25) is 17.8 Å². The van der Waals surface area contributed by atoms with E-state index in [4.69, 9.17) is 20.7 Å². The summed E-state index contributed by atoms with van der Waals surface area (Å²) in [6, 6.07) is 30.5. The molecule has 4 heterocycles. The van der Waals surface area contributed by atoms with Gasteiger partial charge < -0.3 is 27.0 Å². The van der Waals surface area contributed by atoms with Crippen molar-refractivity contribution in [3.8, 4) is 33.8 Å². The Morgan fingerprint density at radius 1 is 0.618 bits per heavy atom. The first kappa shape index (κ1) is 35.9. The van der Waals surface area contributed by atoms with Gasteiger partial charge in [0.15, 0.2) is 0 Å². The van der Waals surface area contributed by atoms with Crippen molar-refractivity contribution >= 4 is 64.8 Å². The molecule has 3 aromatic carbocycles. The molecule has 14 heteroatoms. The quantitative estimate of drug-likeness (QED) is 0.0524. The van der Waals surface area contributed by atoms with E-state index in [0.717, 1.165) is 22.4 Å². The highest BCUT2D eigenvalue weighted by Crippen LogP contribution is 2.29. The number of aromatic nitrogens is 6. The van der Waals surface area contributed by atoms with Crippen LogP contribution in [0.2, 0.25) is 0 Å². The van der Waals surface area contributed by atoms with Gasteiger partial charge in [-0.05, 0) is 95.9 Å². The van der Waals surface area contributed by atoms with Crippen LogP contribution in [0.3, 0.4) is 0 Å². The average molecular weight is 744 g/mol. The fourth-order valence-electron chi connectivity index (χ4n) is 5.46. The topological polar surface area (TPSA) is 186 Å². The molecule has 0 saturated carbocycles. The molecule has 13 nitrogen and oxygen atoms in total. The van der Waals surface area contributed by atoms with Gasteiger partial charge >= 0.3 is 0 Å². The molecule has 55 heavy (non-hydrogen) atoms. The number of nitrogens with zero attached hydrogens (tertiary/aromatic N) is 6. The van der Waals surface area contributed by atoms with Gasteiger partial charge in [0.1, 0.15) is 0 Å². The normalized spacial score (nSPS) is 10.6. The Morgan fingerprint density at radius 2 is 1.29 bits per heavy atom. The minimum atomic E-state index is -0.320. The van der Waals surface area contributed by atoms with Crippen LogP contribution in [0.4, 0.5) is 40.3 Å². The monoisotopic (exact) mass is 743 g/mol. The zero-order chi connectivity index (χ0) is 38.1. The summed E-state index contributed by atoms with van der Waals surface area (Å²) in [5.41, 5.74) is 13.7. The molecule has 7 rings (SSSR count). The molecule has 6 N–H and O–H groups in total. The van der Waals surface area contributed by atoms with E-state index in [1.807, 2.05) is 60.7 Å². The summed E-state index contributed by atoms with van der Waals surface area (Å²) in [6.45, 7) is 3.63. The first-order valence-corrected chi connectivity index (χ1v) is 17.3. The Hall–Kier alpha value is -7.45. The molecular formula is C41H33N11O2S. The van der Waals surface area contributed by atoms with Gasteiger partial charge in [-0.1, -0.05) is 18.7 Å². The van der Waals surface area contributed by atoms with Crippen LogP contribution in [0.5, 0.6) is 0 Å². The molecule has 0 atom stereocenters. The van der Waals surface area contributed by atoms with Crippen molar-refractivity contribution in [1.29, 1.82) is 0 Å². The molecule has 2 amide bonds. The lowest BCUT2D eigenvalue weighted by atomic mass is 10.1. The molecule has 0 spiro atoms. The first-order chi connectivity index (χ1) is 26.7. The summed E-state index contributed by atoms with van der Waals surface area (Å²) in [7, 11) is 0. The lowest BCUT2D eigenvalue weighted by Crippen LogP contribution is -2.13. The van der Waals surface area contributed by atoms with E-state index in [1.165, 1.54) is 0 Å². The van der Waals surface area contributed by atoms with Gasteiger partial charge in [0.05, 0.1) is 23.5 Å². The van der Waals surface area contributed by atoms with E-state index in [0.29, 0.717) is 62.2 Å². The lowest BCUT2D eigenvalue weighted by molar-refractivity contribution is -0.115. The van der Waals surface area contributed by atoms with Crippen LogP contribution in [-0.4, -0.2) is 41.7 Å². The average Bonchev–Trinajstić information content (AvgIpc) is 3.18. The van der Waals surface area contributed by atoms with Crippen molar-refractivity contribution in [1.82, 2.24) is 29.9 Å². The third-order valence-electron chi connectivity index (χ3n) is 7.98. The number of carbonyl (C=O) groups excluding carboxylic acids is 2. The number of nitrogen functional groups attached to an aromatic ring is 1. The lowest BCUT2D eigenvalue weighted by Gasteiger charge is -2.12. The number of nitrogens with two attached hydrogens (primary N) is 1. The zero-order valence-corrected chi connectivity index (χ0v) is 30.0. The molecule has 0 fully saturated rings. The number of thiol groups is 1. The maximum Gasteiger partial charge on any atom is 0.255 e. The predicted octanol–water partition coefficient (Wildman–Crippen LogP) is 8.15. The predicted molar refractivity (Wildman–Crippen MR) is 219 cm³/mol. The van der Waals surface area contributed by atoms with Crippen molar-refractivity contribution in [3.63, 3.8) is 0 Å². The van der Waals surface area contributed by atoms with E-state index in [9.17, 15) is 9.59 Å². The number of benzene rings is 3. The minimum Gasteiger partial charge on any atom is -0.399 e. The Morgan fingerprint density at radius 3 is 2.04 bits per heavy atom.